The highest BCUT2D eigenvalue weighted by molar-refractivity contribution is 5.85. The second kappa shape index (κ2) is 5.27. The molecule has 114 valence electrons. The predicted octanol–water partition coefficient (Wildman–Crippen LogP) is 1.42. The third kappa shape index (κ3) is 3.45. The first-order chi connectivity index (χ1) is 9.67. The molecule has 0 bridgehead atoms. The van der Waals surface area contributed by atoms with Gasteiger partial charge in [0.2, 0.25) is 5.91 Å². The van der Waals surface area contributed by atoms with Crippen LogP contribution in [0.2, 0.25) is 0 Å². The lowest BCUT2D eigenvalue weighted by molar-refractivity contribution is -0.123. The first-order valence-electron chi connectivity index (χ1n) is 6.83. The van der Waals surface area contributed by atoms with Gasteiger partial charge < -0.3 is 16.2 Å². The Bertz CT molecular complexity index is 578. The van der Waals surface area contributed by atoms with Crippen molar-refractivity contribution in [2.45, 2.75) is 45.4 Å². The van der Waals surface area contributed by atoms with Crippen LogP contribution >= 0.6 is 0 Å². The number of carbonyl (C=O) groups excluding carboxylic acids is 2. The number of nitrogen functional groups attached to an aromatic ring is 1. The van der Waals surface area contributed by atoms with E-state index in [1.165, 1.54) is 4.90 Å². The van der Waals surface area contributed by atoms with Gasteiger partial charge in [0.05, 0.1) is 6.54 Å². The average molecular weight is 291 g/mol. The van der Waals surface area contributed by atoms with Gasteiger partial charge >= 0.3 is 6.09 Å². The van der Waals surface area contributed by atoms with E-state index < -0.39 is 23.6 Å². The third-order valence-electron chi connectivity index (χ3n) is 3.32. The second-order valence-corrected chi connectivity index (χ2v) is 6.26. The summed E-state index contributed by atoms with van der Waals surface area (Å²) in [6.45, 7) is 5.60. The van der Waals surface area contributed by atoms with Crippen molar-refractivity contribution >= 4 is 17.7 Å². The zero-order valence-corrected chi connectivity index (χ0v) is 12.6. The van der Waals surface area contributed by atoms with E-state index in [-0.39, 0.29) is 6.54 Å². The molecule has 1 aliphatic heterocycles. The van der Waals surface area contributed by atoms with Gasteiger partial charge in [-0.05, 0) is 44.0 Å². The fourth-order valence-corrected chi connectivity index (χ4v) is 2.37. The van der Waals surface area contributed by atoms with E-state index in [2.05, 4.69) is 0 Å². The zero-order valence-electron chi connectivity index (χ0n) is 12.6. The van der Waals surface area contributed by atoms with Crippen LogP contribution in [0.15, 0.2) is 18.2 Å². The van der Waals surface area contributed by atoms with Gasteiger partial charge in [-0.15, -0.1) is 0 Å². The molecule has 1 aromatic rings. The van der Waals surface area contributed by atoms with Crippen molar-refractivity contribution in [1.82, 2.24) is 4.90 Å². The number of hydrogen-bond acceptors (Lipinski definition) is 4. The van der Waals surface area contributed by atoms with Crippen molar-refractivity contribution < 1.29 is 14.3 Å². The minimum absolute atomic E-state index is 0.267. The van der Waals surface area contributed by atoms with Crippen molar-refractivity contribution in [1.29, 1.82) is 0 Å². The fourth-order valence-electron chi connectivity index (χ4n) is 2.37. The molecule has 0 aliphatic carbocycles. The van der Waals surface area contributed by atoms with Crippen LogP contribution in [0.1, 0.15) is 31.9 Å². The normalized spacial score (nSPS) is 18.0. The summed E-state index contributed by atoms with van der Waals surface area (Å²) in [6.07, 6.45) is -0.163. The first-order valence-corrected chi connectivity index (χ1v) is 6.83. The largest absolute Gasteiger partial charge is 0.444 e. The molecule has 0 saturated heterocycles. The minimum Gasteiger partial charge on any atom is -0.444 e. The van der Waals surface area contributed by atoms with Gasteiger partial charge in [0.25, 0.3) is 0 Å². The molecular weight excluding hydrogens is 270 g/mol. The number of amides is 2. The number of benzene rings is 1. The van der Waals surface area contributed by atoms with E-state index in [0.717, 1.165) is 11.1 Å². The number of primary amides is 1. The Morgan fingerprint density at radius 1 is 1.29 bits per heavy atom. The highest BCUT2D eigenvalue weighted by Crippen LogP contribution is 2.26. The summed E-state index contributed by atoms with van der Waals surface area (Å²) in [6, 6.07) is 4.76. The van der Waals surface area contributed by atoms with Gasteiger partial charge in [0.15, 0.2) is 0 Å². The summed E-state index contributed by atoms with van der Waals surface area (Å²) >= 11 is 0. The molecule has 0 fully saturated rings. The van der Waals surface area contributed by atoms with Gasteiger partial charge in [0.1, 0.15) is 11.6 Å². The molecule has 4 N–H and O–H groups in total. The zero-order chi connectivity index (χ0) is 15.8. The van der Waals surface area contributed by atoms with E-state index in [0.29, 0.717) is 12.1 Å². The summed E-state index contributed by atoms with van der Waals surface area (Å²) in [4.78, 5) is 25.3. The molecule has 21 heavy (non-hydrogen) atoms. The molecule has 6 heteroatoms. The molecule has 0 radical (unpaired) electrons. The topological polar surface area (TPSA) is 98.7 Å². The van der Waals surface area contributed by atoms with Crippen LogP contribution in [0.25, 0.3) is 0 Å². The summed E-state index contributed by atoms with van der Waals surface area (Å²) in [5.41, 5.74) is 13.1. The number of hydrogen-bond donors (Lipinski definition) is 2. The lowest BCUT2D eigenvalue weighted by atomic mass is 9.93. The second-order valence-electron chi connectivity index (χ2n) is 6.26. The molecule has 1 aromatic carbocycles. The number of carbonyl (C=O) groups is 2. The number of nitrogens with two attached hydrogens (primary N) is 2. The van der Waals surface area contributed by atoms with Gasteiger partial charge in [0, 0.05) is 12.1 Å². The van der Waals surface area contributed by atoms with Crippen molar-refractivity contribution in [3.05, 3.63) is 29.3 Å². The molecule has 1 unspecified atom stereocenters. The Balaban J connectivity index is 2.30. The Hall–Kier alpha value is -2.24. The lowest BCUT2D eigenvalue weighted by Gasteiger charge is -2.36. The van der Waals surface area contributed by atoms with Crippen molar-refractivity contribution in [3.8, 4) is 0 Å². The highest BCUT2D eigenvalue weighted by Gasteiger charge is 2.35. The Morgan fingerprint density at radius 3 is 2.52 bits per heavy atom. The van der Waals surface area contributed by atoms with Crippen LogP contribution in [-0.4, -0.2) is 28.5 Å². The maximum atomic E-state index is 12.3. The van der Waals surface area contributed by atoms with E-state index in [4.69, 9.17) is 16.2 Å². The standard InChI is InChI=1S/C15H21N3O3/c1-15(2,3)21-14(20)18-8-10-6-11(16)5-4-9(10)7-12(18)13(17)19/h4-6,12H,7-8,16H2,1-3H3,(H2,17,19). The molecule has 0 aromatic heterocycles. The van der Waals surface area contributed by atoms with Crippen molar-refractivity contribution in [2.75, 3.05) is 5.73 Å². The predicted molar refractivity (Wildman–Crippen MR) is 79.3 cm³/mol. The summed E-state index contributed by atoms with van der Waals surface area (Å²) in [5, 5.41) is 0. The molecule has 6 nitrogen and oxygen atoms in total. The molecular formula is C15H21N3O3. The summed E-state index contributed by atoms with van der Waals surface area (Å²) in [7, 11) is 0. The quantitative estimate of drug-likeness (QED) is 0.764. The molecule has 1 heterocycles. The van der Waals surface area contributed by atoms with Crippen molar-refractivity contribution in [3.63, 3.8) is 0 Å². The molecule has 1 aliphatic rings. The average Bonchev–Trinajstić information content (AvgIpc) is 2.34. The van der Waals surface area contributed by atoms with Crippen LogP contribution in [-0.2, 0) is 22.5 Å². The maximum Gasteiger partial charge on any atom is 0.411 e. The van der Waals surface area contributed by atoms with E-state index in [9.17, 15) is 9.59 Å². The smallest absolute Gasteiger partial charge is 0.411 e. The van der Waals surface area contributed by atoms with Gasteiger partial charge in [-0.25, -0.2) is 4.79 Å². The molecule has 0 saturated carbocycles. The van der Waals surface area contributed by atoms with Gasteiger partial charge in [-0.1, -0.05) is 6.07 Å². The van der Waals surface area contributed by atoms with Gasteiger partial charge in [-0.2, -0.15) is 0 Å². The first kappa shape index (κ1) is 15.2. The van der Waals surface area contributed by atoms with E-state index in [1.54, 1.807) is 26.8 Å². The van der Waals surface area contributed by atoms with Crippen molar-refractivity contribution in [2.24, 2.45) is 5.73 Å². The molecule has 0 spiro atoms. The fraction of sp³-hybridized carbons (Fsp3) is 0.467. The Morgan fingerprint density at radius 2 is 1.95 bits per heavy atom. The number of nitrogens with zero attached hydrogens (tertiary/aromatic N) is 1. The lowest BCUT2D eigenvalue weighted by Crippen LogP contribution is -2.52. The maximum absolute atomic E-state index is 12.3. The SMILES string of the molecule is CC(C)(C)OC(=O)N1Cc2cc(N)ccc2CC1C(N)=O. The van der Waals surface area contributed by atoms with Crippen LogP contribution in [0.5, 0.6) is 0 Å². The summed E-state index contributed by atoms with van der Waals surface area (Å²) in [5.74, 6) is -0.539. The molecule has 2 rings (SSSR count). The minimum atomic E-state index is -0.698. The number of anilines is 1. The highest BCUT2D eigenvalue weighted by atomic mass is 16.6. The van der Waals surface area contributed by atoms with Crippen LogP contribution in [0.3, 0.4) is 0 Å². The Labute approximate surface area is 124 Å². The Kier molecular flexibility index (Phi) is 3.80. The van der Waals surface area contributed by atoms with Crippen LogP contribution in [0, 0.1) is 0 Å². The van der Waals surface area contributed by atoms with Gasteiger partial charge in [-0.3, -0.25) is 9.69 Å². The van der Waals surface area contributed by atoms with Crippen LogP contribution in [0.4, 0.5) is 10.5 Å². The molecule has 1 atom stereocenters. The number of rotatable bonds is 1. The third-order valence-corrected chi connectivity index (χ3v) is 3.32. The summed E-state index contributed by atoms with van der Waals surface area (Å²) < 4.78 is 5.35. The van der Waals surface area contributed by atoms with E-state index >= 15 is 0 Å². The number of fused-ring (bicyclic) bond motifs is 1. The number of ether oxygens (including phenoxy) is 1. The monoisotopic (exact) mass is 291 g/mol. The molecule has 2 amide bonds. The van der Waals surface area contributed by atoms with E-state index in [1.807, 2.05) is 12.1 Å². The van der Waals surface area contributed by atoms with Crippen LogP contribution < -0.4 is 11.5 Å².